The Hall–Kier alpha value is -1.80. The van der Waals surface area contributed by atoms with Gasteiger partial charge in [-0.1, -0.05) is 0 Å². The van der Waals surface area contributed by atoms with Crippen molar-refractivity contribution in [1.29, 1.82) is 0 Å². The van der Waals surface area contributed by atoms with Crippen LogP contribution >= 0.6 is 0 Å². The monoisotopic (exact) mass is 352 g/mol. The summed E-state index contributed by atoms with van der Waals surface area (Å²) in [5.41, 5.74) is 0. The summed E-state index contributed by atoms with van der Waals surface area (Å²) in [6.45, 7) is 3.71. The van der Waals surface area contributed by atoms with Gasteiger partial charge in [-0.2, -0.15) is 13.2 Å². The van der Waals surface area contributed by atoms with E-state index >= 15 is 0 Å². The van der Waals surface area contributed by atoms with E-state index in [-0.39, 0.29) is 25.2 Å². The molecule has 1 fully saturated rings. The zero-order chi connectivity index (χ0) is 18.5. The number of carboxylic acid groups (broad SMARTS) is 1. The summed E-state index contributed by atoms with van der Waals surface area (Å²) in [6.07, 6.45) is -4.34. The highest BCUT2D eigenvalue weighted by atomic mass is 19.4. The lowest BCUT2D eigenvalue weighted by Gasteiger charge is -2.19. The molecular formula is C15H23F3N2O4. The van der Waals surface area contributed by atoms with E-state index in [4.69, 9.17) is 5.11 Å². The molecule has 2 atom stereocenters. The minimum absolute atomic E-state index is 0.0656. The van der Waals surface area contributed by atoms with Crippen molar-refractivity contribution in [3.8, 4) is 0 Å². The molecule has 24 heavy (non-hydrogen) atoms. The number of alkyl halides is 3. The molecule has 0 saturated carbocycles. The van der Waals surface area contributed by atoms with Crippen molar-refractivity contribution in [3.05, 3.63) is 0 Å². The summed E-state index contributed by atoms with van der Waals surface area (Å²) in [5.74, 6) is -5.88. The van der Waals surface area contributed by atoms with Crippen LogP contribution in [0, 0.1) is 11.8 Å². The van der Waals surface area contributed by atoms with Crippen LogP contribution in [0.4, 0.5) is 13.2 Å². The standard InChI is InChI=1S/C15H23F3N2O4/c1-3-19(4-2)12(21)6-5-7-13(22)20-8-10(14(23)24)11(9-20)15(16,17)18/h10-11H,3-9H2,1-2H3,(H,23,24)/t10-,11-/m1/s1. The highest BCUT2D eigenvalue weighted by Crippen LogP contribution is 2.37. The number of carbonyl (C=O) groups is 3. The predicted octanol–water partition coefficient (Wildman–Crippen LogP) is 1.75. The molecule has 9 heteroatoms. The van der Waals surface area contributed by atoms with Crippen molar-refractivity contribution in [1.82, 2.24) is 9.80 Å². The average Bonchev–Trinajstić information content (AvgIpc) is 2.94. The number of hydrogen-bond donors (Lipinski definition) is 1. The summed E-state index contributed by atoms with van der Waals surface area (Å²) in [7, 11) is 0. The second-order valence-corrected chi connectivity index (χ2v) is 5.81. The Morgan fingerprint density at radius 3 is 2.12 bits per heavy atom. The second-order valence-electron chi connectivity index (χ2n) is 5.81. The maximum absolute atomic E-state index is 12.9. The minimum Gasteiger partial charge on any atom is -0.481 e. The highest BCUT2D eigenvalue weighted by molar-refractivity contribution is 5.80. The first kappa shape index (κ1) is 20.2. The van der Waals surface area contributed by atoms with Crippen molar-refractivity contribution in [2.24, 2.45) is 11.8 Å². The van der Waals surface area contributed by atoms with Crippen LogP contribution in [0.15, 0.2) is 0 Å². The van der Waals surface area contributed by atoms with Crippen LogP contribution in [0.2, 0.25) is 0 Å². The third-order valence-electron chi connectivity index (χ3n) is 4.31. The van der Waals surface area contributed by atoms with E-state index < -0.39 is 43.0 Å². The highest BCUT2D eigenvalue weighted by Gasteiger charge is 2.53. The topological polar surface area (TPSA) is 77.9 Å². The smallest absolute Gasteiger partial charge is 0.394 e. The van der Waals surface area contributed by atoms with Gasteiger partial charge in [0.25, 0.3) is 0 Å². The Balaban J connectivity index is 2.54. The average molecular weight is 352 g/mol. The van der Waals surface area contributed by atoms with Crippen LogP contribution in [0.3, 0.4) is 0 Å². The van der Waals surface area contributed by atoms with Gasteiger partial charge in [0.2, 0.25) is 11.8 Å². The molecule has 0 aromatic rings. The van der Waals surface area contributed by atoms with Gasteiger partial charge in [0.15, 0.2) is 0 Å². The van der Waals surface area contributed by atoms with Gasteiger partial charge in [-0.15, -0.1) is 0 Å². The zero-order valence-corrected chi connectivity index (χ0v) is 13.8. The molecular weight excluding hydrogens is 329 g/mol. The summed E-state index contributed by atoms with van der Waals surface area (Å²) in [5, 5.41) is 8.92. The number of carboxylic acids is 1. The van der Waals surface area contributed by atoms with Crippen molar-refractivity contribution in [2.75, 3.05) is 26.2 Å². The van der Waals surface area contributed by atoms with Gasteiger partial charge in [0.1, 0.15) is 0 Å². The number of carbonyl (C=O) groups excluding carboxylic acids is 2. The number of likely N-dealkylation sites (tertiary alicyclic amines) is 1. The van der Waals surface area contributed by atoms with Gasteiger partial charge < -0.3 is 14.9 Å². The largest absolute Gasteiger partial charge is 0.481 e. The van der Waals surface area contributed by atoms with E-state index in [0.717, 1.165) is 4.90 Å². The Labute approximate surface area is 138 Å². The summed E-state index contributed by atoms with van der Waals surface area (Å²) >= 11 is 0. The van der Waals surface area contributed by atoms with Crippen LogP contribution in [-0.2, 0) is 14.4 Å². The second kappa shape index (κ2) is 8.34. The van der Waals surface area contributed by atoms with Crippen LogP contribution in [0.1, 0.15) is 33.1 Å². The lowest BCUT2D eigenvalue weighted by atomic mass is 9.96. The molecule has 0 unspecified atom stereocenters. The summed E-state index contributed by atoms with van der Waals surface area (Å²) in [4.78, 5) is 37.4. The molecule has 1 heterocycles. The van der Waals surface area contributed by atoms with E-state index in [0.29, 0.717) is 13.1 Å². The summed E-state index contributed by atoms with van der Waals surface area (Å²) in [6, 6.07) is 0. The minimum atomic E-state index is -4.66. The van der Waals surface area contributed by atoms with Crippen LogP contribution in [-0.4, -0.2) is 65.0 Å². The molecule has 1 aliphatic heterocycles. The molecule has 1 N–H and O–H groups in total. The molecule has 2 amide bonds. The number of nitrogens with zero attached hydrogens (tertiary/aromatic N) is 2. The van der Waals surface area contributed by atoms with Gasteiger partial charge in [-0.3, -0.25) is 14.4 Å². The third kappa shape index (κ3) is 5.10. The van der Waals surface area contributed by atoms with Gasteiger partial charge in [-0.05, 0) is 20.3 Å². The van der Waals surface area contributed by atoms with Crippen molar-refractivity contribution in [3.63, 3.8) is 0 Å². The van der Waals surface area contributed by atoms with Crippen LogP contribution < -0.4 is 0 Å². The number of hydrogen-bond acceptors (Lipinski definition) is 3. The van der Waals surface area contributed by atoms with Crippen molar-refractivity contribution < 1.29 is 32.7 Å². The lowest BCUT2D eigenvalue weighted by Crippen LogP contribution is -2.34. The SMILES string of the molecule is CCN(CC)C(=O)CCCC(=O)N1C[C@@H](C(F)(F)F)[C@H](C(=O)O)C1. The van der Waals surface area contributed by atoms with Gasteiger partial charge in [0, 0.05) is 39.0 Å². The Morgan fingerprint density at radius 2 is 1.71 bits per heavy atom. The van der Waals surface area contributed by atoms with E-state index in [1.165, 1.54) is 0 Å². The predicted molar refractivity (Wildman–Crippen MR) is 79.0 cm³/mol. The van der Waals surface area contributed by atoms with E-state index in [2.05, 4.69) is 0 Å². The first-order chi connectivity index (χ1) is 11.1. The van der Waals surface area contributed by atoms with E-state index in [1.54, 1.807) is 4.90 Å². The van der Waals surface area contributed by atoms with Crippen molar-refractivity contribution >= 4 is 17.8 Å². The third-order valence-corrected chi connectivity index (χ3v) is 4.31. The van der Waals surface area contributed by atoms with Crippen molar-refractivity contribution in [2.45, 2.75) is 39.3 Å². The first-order valence-electron chi connectivity index (χ1n) is 7.96. The zero-order valence-electron chi connectivity index (χ0n) is 13.8. The molecule has 0 aliphatic carbocycles. The molecule has 0 radical (unpaired) electrons. The fourth-order valence-corrected chi connectivity index (χ4v) is 2.87. The normalized spacial score (nSPS) is 21.0. The van der Waals surface area contributed by atoms with Crippen LogP contribution in [0.5, 0.6) is 0 Å². The first-order valence-corrected chi connectivity index (χ1v) is 7.96. The maximum atomic E-state index is 12.9. The summed E-state index contributed by atoms with van der Waals surface area (Å²) < 4.78 is 38.6. The van der Waals surface area contributed by atoms with E-state index in [9.17, 15) is 27.6 Å². The van der Waals surface area contributed by atoms with E-state index in [1.807, 2.05) is 13.8 Å². The Kier molecular flexibility index (Phi) is 7.04. The lowest BCUT2D eigenvalue weighted by molar-refractivity contribution is -0.188. The molecule has 138 valence electrons. The molecule has 0 spiro atoms. The van der Waals surface area contributed by atoms with Gasteiger partial charge in [-0.25, -0.2) is 0 Å². The molecule has 6 nitrogen and oxygen atoms in total. The number of rotatable bonds is 7. The maximum Gasteiger partial charge on any atom is 0.394 e. The number of aliphatic carboxylic acids is 1. The van der Waals surface area contributed by atoms with Gasteiger partial charge >= 0.3 is 12.1 Å². The molecule has 0 aromatic carbocycles. The molecule has 1 rings (SSSR count). The number of halogens is 3. The Morgan fingerprint density at radius 1 is 1.12 bits per heavy atom. The van der Waals surface area contributed by atoms with Gasteiger partial charge in [0.05, 0.1) is 11.8 Å². The molecule has 0 bridgehead atoms. The molecule has 1 aliphatic rings. The fourth-order valence-electron chi connectivity index (χ4n) is 2.87. The quantitative estimate of drug-likeness (QED) is 0.757. The molecule has 0 aromatic heterocycles. The number of amides is 2. The Bertz CT molecular complexity index is 478. The molecule has 1 saturated heterocycles. The van der Waals surface area contributed by atoms with Crippen LogP contribution in [0.25, 0.3) is 0 Å². The fraction of sp³-hybridized carbons (Fsp3) is 0.800.